The lowest BCUT2D eigenvalue weighted by molar-refractivity contribution is -0.117. The molecule has 1 aliphatic carbocycles. The zero-order valence-corrected chi connectivity index (χ0v) is 22.4. The van der Waals surface area contributed by atoms with Crippen LogP contribution in [-0.4, -0.2) is 37.0 Å². The number of hydrogen-bond donors (Lipinski definition) is 1. The summed E-state index contributed by atoms with van der Waals surface area (Å²) in [4.78, 5) is 13.9. The first-order valence-electron chi connectivity index (χ1n) is 13.0. The standard InChI is InChI=1S/C32H32N4O3/c1-35(2)36-26-16-24(22-12-8-5-9-13-22)17-27(37)31(26)30(25(19-33)32(36)34)23-14-15-28(29(18-23)38-3)39-20-21-10-6-4-7-11-21/h4-15,18,24,30H,16-17,20,34H2,1-3H3/t24-,30-/m0/s1. The van der Waals surface area contributed by atoms with Crippen molar-refractivity contribution in [3.63, 3.8) is 0 Å². The van der Waals surface area contributed by atoms with Crippen molar-refractivity contribution in [1.82, 2.24) is 10.0 Å². The molecular weight excluding hydrogens is 488 g/mol. The number of hydrogen-bond acceptors (Lipinski definition) is 7. The molecule has 7 heteroatoms. The zero-order valence-electron chi connectivity index (χ0n) is 22.4. The van der Waals surface area contributed by atoms with Crippen molar-refractivity contribution in [2.45, 2.75) is 31.3 Å². The Balaban J connectivity index is 1.56. The normalized spacial score (nSPS) is 19.2. The Kier molecular flexibility index (Phi) is 7.40. The molecule has 39 heavy (non-hydrogen) atoms. The van der Waals surface area contributed by atoms with Gasteiger partial charge in [0.2, 0.25) is 0 Å². The van der Waals surface area contributed by atoms with Crippen LogP contribution in [0.4, 0.5) is 0 Å². The van der Waals surface area contributed by atoms with Crippen LogP contribution < -0.4 is 15.2 Å². The average molecular weight is 521 g/mol. The molecule has 0 radical (unpaired) electrons. The van der Waals surface area contributed by atoms with Crippen molar-refractivity contribution >= 4 is 5.78 Å². The molecule has 3 aromatic rings. The molecule has 0 spiro atoms. The van der Waals surface area contributed by atoms with Gasteiger partial charge in [0.1, 0.15) is 12.4 Å². The van der Waals surface area contributed by atoms with Gasteiger partial charge in [0.25, 0.3) is 0 Å². The number of allylic oxidation sites excluding steroid dienone is 3. The SMILES string of the molecule is COc1cc([C@H]2C(C#N)=C(N)N(N(C)C)C3=C2C(=O)C[C@@H](c2ccccc2)C3)ccc1OCc1ccccc1. The van der Waals surface area contributed by atoms with E-state index in [0.717, 1.165) is 22.4 Å². The molecular formula is C32H32N4O3. The van der Waals surface area contributed by atoms with Gasteiger partial charge < -0.3 is 15.2 Å². The van der Waals surface area contributed by atoms with Gasteiger partial charge in [0.05, 0.1) is 24.7 Å². The van der Waals surface area contributed by atoms with E-state index in [2.05, 4.69) is 18.2 Å². The summed E-state index contributed by atoms with van der Waals surface area (Å²) in [6.45, 7) is 0.392. The maximum atomic E-state index is 13.9. The van der Waals surface area contributed by atoms with Crippen LogP contribution in [0.5, 0.6) is 11.5 Å². The quantitative estimate of drug-likeness (QED) is 0.455. The fourth-order valence-electron chi connectivity index (χ4n) is 5.58. The maximum Gasteiger partial charge on any atom is 0.162 e. The van der Waals surface area contributed by atoms with Crippen molar-refractivity contribution < 1.29 is 14.3 Å². The molecule has 0 unspecified atom stereocenters. The number of nitrogens with zero attached hydrogens (tertiary/aromatic N) is 3. The van der Waals surface area contributed by atoms with Gasteiger partial charge in [-0.05, 0) is 41.2 Å². The molecule has 198 valence electrons. The van der Waals surface area contributed by atoms with Crippen molar-refractivity contribution in [1.29, 1.82) is 5.26 Å². The molecule has 0 saturated carbocycles. The minimum absolute atomic E-state index is 0.0191. The number of nitrogens with two attached hydrogens (primary N) is 1. The number of ketones is 1. The van der Waals surface area contributed by atoms with Gasteiger partial charge in [0.15, 0.2) is 17.3 Å². The first-order chi connectivity index (χ1) is 18.9. The molecule has 5 rings (SSSR count). The highest BCUT2D eigenvalue weighted by Crippen LogP contribution is 2.49. The molecule has 2 N–H and O–H groups in total. The van der Waals surface area contributed by atoms with Gasteiger partial charge in [-0.3, -0.25) is 9.80 Å². The molecule has 0 amide bonds. The van der Waals surface area contributed by atoms with Crippen LogP contribution in [0.15, 0.2) is 102 Å². The van der Waals surface area contributed by atoms with Crippen LogP contribution in [0.3, 0.4) is 0 Å². The van der Waals surface area contributed by atoms with Gasteiger partial charge in [-0.2, -0.15) is 5.26 Å². The summed E-state index contributed by atoms with van der Waals surface area (Å²) in [7, 11) is 5.32. The Morgan fingerprint density at radius 2 is 1.67 bits per heavy atom. The summed E-state index contributed by atoms with van der Waals surface area (Å²) in [5.74, 6) is 0.894. The fraction of sp³-hybridized carbons (Fsp3) is 0.250. The van der Waals surface area contributed by atoms with E-state index >= 15 is 0 Å². The van der Waals surface area contributed by atoms with E-state index in [4.69, 9.17) is 15.2 Å². The Bertz CT molecular complexity index is 1470. The van der Waals surface area contributed by atoms with Crippen LogP contribution >= 0.6 is 0 Å². The van der Waals surface area contributed by atoms with Crippen LogP contribution in [0.1, 0.15) is 41.4 Å². The first-order valence-corrected chi connectivity index (χ1v) is 13.0. The number of methoxy groups -OCH3 is 1. The smallest absolute Gasteiger partial charge is 0.162 e. The van der Waals surface area contributed by atoms with Gasteiger partial charge >= 0.3 is 0 Å². The monoisotopic (exact) mass is 520 g/mol. The number of Topliss-reactive ketones (excluding diaryl/α,β-unsaturated/α-hetero) is 1. The second kappa shape index (κ2) is 11.1. The molecule has 0 fully saturated rings. The molecule has 7 nitrogen and oxygen atoms in total. The number of carbonyl (C=O) groups is 1. The van der Waals surface area contributed by atoms with Crippen molar-refractivity contribution in [2.24, 2.45) is 5.73 Å². The molecule has 0 aromatic heterocycles. The van der Waals surface area contributed by atoms with Crippen LogP contribution in [0, 0.1) is 11.3 Å². The molecule has 2 aliphatic rings. The van der Waals surface area contributed by atoms with E-state index in [0.29, 0.717) is 47.9 Å². The van der Waals surface area contributed by atoms with Crippen molar-refractivity contribution in [3.8, 4) is 17.6 Å². The summed E-state index contributed by atoms with van der Waals surface area (Å²) in [6.07, 6.45) is 1.00. The second-order valence-corrected chi connectivity index (χ2v) is 9.99. The third-order valence-corrected chi connectivity index (χ3v) is 7.37. The fourth-order valence-corrected chi connectivity index (χ4v) is 5.58. The van der Waals surface area contributed by atoms with Crippen LogP contribution in [0.2, 0.25) is 0 Å². The number of benzene rings is 3. The highest BCUT2D eigenvalue weighted by molar-refractivity contribution is 6.00. The van der Waals surface area contributed by atoms with E-state index in [1.54, 1.807) is 7.11 Å². The summed E-state index contributed by atoms with van der Waals surface area (Å²) in [5.41, 5.74) is 11.3. The molecule has 2 atom stereocenters. The maximum absolute atomic E-state index is 13.9. The lowest BCUT2D eigenvalue weighted by atomic mass is 9.72. The third-order valence-electron chi connectivity index (χ3n) is 7.37. The van der Waals surface area contributed by atoms with E-state index in [1.165, 1.54) is 0 Å². The van der Waals surface area contributed by atoms with Gasteiger partial charge in [-0.25, -0.2) is 5.01 Å². The molecule has 1 aliphatic heterocycles. The average Bonchev–Trinajstić information content (AvgIpc) is 2.96. The van der Waals surface area contributed by atoms with E-state index < -0.39 is 5.92 Å². The lowest BCUT2D eigenvalue weighted by Crippen LogP contribution is -2.46. The molecule has 0 bridgehead atoms. The Morgan fingerprint density at radius 3 is 2.31 bits per heavy atom. The Hall–Kier alpha value is -4.54. The number of carbonyl (C=O) groups excluding carboxylic acids is 1. The lowest BCUT2D eigenvalue weighted by Gasteiger charge is -2.43. The zero-order chi connectivity index (χ0) is 27.5. The summed E-state index contributed by atoms with van der Waals surface area (Å²) < 4.78 is 11.7. The molecule has 1 heterocycles. The highest BCUT2D eigenvalue weighted by atomic mass is 16.5. The van der Waals surface area contributed by atoms with Gasteiger partial charge in [-0.1, -0.05) is 66.7 Å². The van der Waals surface area contributed by atoms with E-state index in [9.17, 15) is 10.1 Å². The number of hydrazine groups is 1. The third kappa shape index (κ3) is 4.99. The van der Waals surface area contributed by atoms with Gasteiger partial charge in [0, 0.05) is 31.8 Å². The highest BCUT2D eigenvalue weighted by Gasteiger charge is 2.43. The largest absolute Gasteiger partial charge is 0.493 e. The first kappa shape index (κ1) is 26.1. The van der Waals surface area contributed by atoms with Gasteiger partial charge in [-0.15, -0.1) is 0 Å². The number of nitriles is 1. The number of rotatable bonds is 7. The van der Waals surface area contributed by atoms with Crippen molar-refractivity contribution in [2.75, 3.05) is 21.2 Å². The minimum Gasteiger partial charge on any atom is -0.493 e. The summed E-state index contributed by atoms with van der Waals surface area (Å²) in [6, 6.07) is 27.9. The molecule has 3 aromatic carbocycles. The summed E-state index contributed by atoms with van der Waals surface area (Å²) in [5, 5.41) is 13.9. The van der Waals surface area contributed by atoms with Crippen LogP contribution in [-0.2, 0) is 11.4 Å². The predicted octanol–water partition coefficient (Wildman–Crippen LogP) is 5.24. The van der Waals surface area contributed by atoms with E-state index in [1.807, 2.05) is 90.8 Å². The Morgan fingerprint density at radius 1 is 0.974 bits per heavy atom. The number of ether oxygens (including phenoxy) is 2. The second-order valence-electron chi connectivity index (χ2n) is 9.99. The van der Waals surface area contributed by atoms with Crippen molar-refractivity contribution in [3.05, 3.63) is 118 Å². The predicted molar refractivity (Wildman–Crippen MR) is 149 cm³/mol. The summed E-state index contributed by atoms with van der Waals surface area (Å²) >= 11 is 0. The van der Waals surface area contributed by atoms with E-state index in [-0.39, 0.29) is 11.7 Å². The Labute approximate surface area is 229 Å². The van der Waals surface area contributed by atoms with Crippen LogP contribution in [0.25, 0.3) is 0 Å². The molecule has 0 saturated heterocycles. The minimum atomic E-state index is -0.595. The topological polar surface area (TPSA) is 91.8 Å².